The van der Waals surface area contributed by atoms with Crippen molar-refractivity contribution in [2.24, 2.45) is 0 Å². The highest BCUT2D eigenvalue weighted by Crippen LogP contribution is 2.35. The van der Waals surface area contributed by atoms with Crippen LogP contribution in [0.4, 0.5) is 5.82 Å². The Labute approximate surface area is 215 Å². The van der Waals surface area contributed by atoms with E-state index in [2.05, 4.69) is 27.2 Å². The van der Waals surface area contributed by atoms with E-state index in [9.17, 15) is 4.79 Å². The Hall–Kier alpha value is -4.59. The molecule has 0 bridgehead atoms. The van der Waals surface area contributed by atoms with Crippen molar-refractivity contribution in [2.45, 2.75) is 0 Å². The van der Waals surface area contributed by atoms with E-state index in [1.165, 1.54) is 0 Å². The topological polar surface area (TPSA) is 77.0 Å². The summed E-state index contributed by atoms with van der Waals surface area (Å²) in [5, 5.41) is 8.83. The minimum absolute atomic E-state index is 0.0176. The molecule has 0 N–H and O–H groups in total. The van der Waals surface area contributed by atoms with Gasteiger partial charge in [0.25, 0.3) is 5.91 Å². The minimum Gasteiger partial charge on any atom is -0.484 e. The number of hydrogen-bond donors (Lipinski definition) is 0. The summed E-state index contributed by atoms with van der Waals surface area (Å²) in [6.45, 7) is 2.87. The molecule has 0 aliphatic carbocycles. The van der Waals surface area contributed by atoms with E-state index in [1.807, 2.05) is 77.7 Å². The van der Waals surface area contributed by atoms with E-state index >= 15 is 0 Å². The molecule has 2 aliphatic rings. The van der Waals surface area contributed by atoms with Crippen LogP contribution in [-0.4, -0.2) is 60.6 Å². The fourth-order valence-electron chi connectivity index (χ4n) is 4.50. The van der Waals surface area contributed by atoms with Crippen molar-refractivity contribution >= 4 is 11.7 Å². The third-order valence-electron chi connectivity index (χ3n) is 6.60. The molecule has 186 valence electrons. The predicted molar refractivity (Wildman–Crippen MR) is 140 cm³/mol. The molecule has 1 saturated heterocycles. The summed E-state index contributed by atoms with van der Waals surface area (Å²) in [5.41, 5.74) is 3.95. The van der Waals surface area contributed by atoms with Gasteiger partial charge in [-0.1, -0.05) is 42.5 Å². The number of carbonyl (C=O) groups is 1. The van der Waals surface area contributed by atoms with Gasteiger partial charge in [0.2, 0.25) is 6.79 Å². The van der Waals surface area contributed by atoms with Crippen LogP contribution in [0.1, 0.15) is 0 Å². The van der Waals surface area contributed by atoms with Gasteiger partial charge >= 0.3 is 0 Å². The molecule has 1 amide bonds. The van der Waals surface area contributed by atoms with Crippen LogP contribution in [0.25, 0.3) is 22.4 Å². The standard InChI is InChI=1S/C29H26N4O4/c34-29(19-35-24-9-6-22(7-10-24)21-4-2-1-3-5-21)33-16-14-32(15-17-33)28-13-11-25(30-31-28)23-8-12-26-27(18-23)37-20-36-26/h1-13,18H,14-17,19-20H2. The van der Waals surface area contributed by atoms with E-state index in [0.717, 1.165) is 39.7 Å². The summed E-state index contributed by atoms with van der Waals surface area (Å²) in [4.78, 5) is 16.7. The average molecular weight is 495 g/mol. The van der Waals surface area contributed by atoms with Gasteiger partial charge in [0, 0.05) is 31.7 Å². The molecule has 8 nitrogen and oxygen atoms in total. The fraction of sp³-hybridized carbons (Fsp3) is 0.207. The Morgan fingerprint density at radius 3 is 2.24 bits per heavy atom. The van der Waals surface area contributed by atoms with Gasteiger partial charge in [0.05, 0.1) is 5.69 Å². The number of fused-ring (bicyclic) bond motifs is 1. The number of nitrogens with zero attached hydrogens (tertiary/aromatic N) is 4. The molecule has 0 unspecified atom stereocenters. The Morgan fingerprint density at radius 1 is 0.757 bits per heavy atom. The van der Waals surface area contributed by atoms with Crippen LogP contribution in [0.2, 0.25) is 0 Å². The molecule has 0 atom stereocenters. The number of ether oxygens (including phenoxy) is 3. The Morgan fingerprint density at radius 2 is 1.49 bits per heavy atom. The van der Waals surface area contributed by atoms with Crippen molar-refractivity contribution < 1.29 is 19.0 Å². The van der Waals surface area contributed by atoms with Crippen molar-refractivity contribution in [1.29, 1.82) is 0 Å². The zero-order chi connectivity index (χ0) is 25.0. The maximum Gasteiger partial charge on any atom is 0.260 e. The van der Waals surface area contributed by atoms with Gasteiger partial charge in [-0.2, -0.15) is 0 Å². The van der Waals surface area contributed by atoms with Crippen molar-refractivity contribution in [2.75, 3.05) is 44.5 Å². The van der Waals surface area contributed by atoms with Crippen LogP contribution in [-0.2, 0) is 4.79 Å². The Kier molecular flexibility index (Phi) is 6.29. The van der Waals surface area contributed by atoms with Crippen LogP contribution in [0, 0.1) is 0 Å². The molecule has 0 radical (unpaired) electrons. The summed E-state index contributed by atoms with van der Waals surface area (Å²) in [6, 6.07) is 27.6. The maximum absolute atomic E-state index is 12.7. The minimum atomic E-state index is -0.0176. The van der Waals surface area contributed by atoms with Gasteiger partial charge < -0.3 is 24.0 Å². The molecule has 8 heteroatoms. The molecule has 6 rings (SSSR count). The second-order valence-corrected chi connectivity index (χ2v) is 8.89. The van der Waals surface area contributed by atoms with Crippen LogP contribution >= 0.6 is 0 Å². The molecular weight excluding hydrogens is 468 g/mol. The lowest BCUT2D eigenvalue weighted by Gasteiger charge is -2.35. The van der Waals surface area contributed by atoms with Gasteiger partial charge in [-0.05, 0) is 53.6 Å². The van der Waals surface area contributed by atoms with Gasteiger partial charge in [0.1, 0.15) is 5.75 Å². The first-order valence-electron chi connectivity index (χ1n) is 12.3. The summed E-state index contributed by atoms with van der Waals surface area (Å²) in [6.07, 6.45) is 0. The summed E-state index contributed by atoms with van der Waals surface area (Å²) < 4.78 is 16.6. The summed E-state index contributed by atoms with van der Waals surface area (Å²) in [7, 11) is 0. The number of rotatable bonds is 6. The molecule has 3 heterocycles. The first-order valence-corrected chi connectivity index (χ1v) is 12.3. The smallest absolute Gasteiger partial charge is 0.260 e. The first-order chi connectivity index (χ1) is 18.2. The van der Waals surface area contributed by atoms with Crippen molar-refractivity contribution in [3.63, 3.8) is 0 Å². The predicted octanol–water partition coefficient (Wildman–Crippen LogP) is 4.27. The van der Waals surface area contributed by atoms with E-state index in [-0.39, 0.29) is 19.3 Å². The molecule has 2 aliphatic heterocycles. The molecular formula is C29H26N4O4. The number of hydrogen-bond acceptors (Lipinski definition) is 7. The van der Waals surface area contributed by atoms with Crippen molar-refractivity contribution in [3.05, 3.63) is 84.9 Å². The van der Waals surface area contributed by atoms with Gasteiger partial charge in [0.15, 0.2) is 23.9 Å². The van der Waals surface area contributed by atoms with Crippen LogP contribution in [0.3, 0.4) is 0 Å². The van der Waals surface area contributed by atoms with E-state index in [0.29, 0.717) is 31.9 Å². The second-order valence-electron chi connectivity index (χ2n) is 8.89. The third-order valence-corrected chi connectivity index (χ3v) is 6.60. The number of aromatic nitrogens is 2. The highest BCUT2D eigenvalue weighted by atomic mass is 16.7. The fourth-order valence-corrected chi connectivity index (χ4v) is 4.50. The van der Waals surface area contributed by atoms with Gasteiger partial charge in [-0.15, -0.1) is 10.2 Å². The van der Waals surface area contributed by atoms with Crippen LogP contribution in [0.15, 0.2) is 84.9 Å². The van der Waals surface area contributed by atoms with E-state index in [4.69, 9.17) is 14.2 Å². The number of anilines is 1. The quantitative estimate of drug-likeness (QED) is 0.396. The van der Waals surface area contributed by atoms with Crippen molar-refractivity contribution in [1.82, 2.24) is 15.1 Å². The molecule has 37 heavy (non-hydrogen) atoms. The zero-order valence-electron chi connectivity index (χ0n) is 20.2. The van der Waals surface area contributed by atoms with Crippen LogP contribution in [0.5, 0.6) is 17.2 Å². The largest absolute Gasteiger partial charge is 0.484 e. The number of piperazine rings is 1. The van der Waals surface area contributed by atoms with Gasteiger partial charge in [-0.3, -0.25) is 4.79 Å². The Bertz CT molecular complexity index is 1370. The van der Waals surface area contributed by atoms with E-state index < -0.39 is 0 Å². The van der Waals surface area contributed by atoms with Gasteiger partial charge in [-0.25, -0.2) is 0 Å². The highest BCUT2D eigenvalue weighted by Gasteiger charge is 2.23. The zero-order valence-corrected chi connectivity index (χ0v) is 20.2. The summed E-state index contributed by atoms with van der Waals surface area (Å²) in [5.74, 6) is 2.93. The van der Waals surface area contributed by atoms with Crippen molar-refractivity contribution in [3.8, 4) is 39.6 Å². The lowest BCUT2D eigenvalue weighted by molar-refractivity contribution is -0.133. The SMILES string of the molecule is O=C(COc1ccc(-c2ccccc2)cc1)N1CCN(c2ccc(-c3ccc4c(c3)OCO4)nn2)CC1. The van der Waals surface area contributed by atoms with Crippen LogP contribution < -0.4 is 19.1 Å². The molecule has 1 fully saturated rings. The normalized spacial score (nSPS) is 14.5. The monoisotopic (exact) mass is 494 g/mol. The number of amides is 1. The second kappa shape index (κ2) is 10.2. The molecule has 1 aromatic heterocycles. The lowest BCUT2D eigenvalue weighted by atomic mass is 10.1. The average Bonchev–Trinajstić information content (AvgIpc) is 3.45. The van der Waals surface area contributed by atoms with E-state index in [1.54, 1.807) is 0 Å². The lowest BCUT2D eigenvalue weighted by Crippen LogP contribution is -2.50. The molecule has 3 aromatic carbocycles. The molecule has 0 saturated carbocycles. The maximum atomic E-state index is 12.7. The molecule has 4 aromatic rings. The molecule has 0 spiro atoms. The third kappa shape index (κ3) is 5.04. The summed E-state index contributed by atoms with van der Waals surface area (Å²) >= 11 is 0. The first kappa shape index (κ1) is 22.8. The number of carbonyl (C=O) groups excluding carboxylic acids is 1. The Balaban J connectivity index is 0.997. The number of benzene rings is 3. The highest BCUT2D eigenvalue weighted by molar-refractivity contribution is 5.78.